The predicted octanol–water partition coefficient (Wildman–Crippen LogP) is 2.74. The number of hydrogen-bond acceptors (Lipinski definition) is 3. The van der Waals surface area contributed by atoms with E-state index in [1.165, 1.54) is 0 Å². The zero-order valence-corrected chi connectivity index (χ0v) is 12.6. The van der Waals surface area contributed by atoms with Gasteiger partial charge in [-0.25, -0.2) is 4.98 Å². The summed E-state index contributed by atoms with van der Waals surface area (Å²) in [5, 5.41) is 13.1. The summed E-state index contributed by atoms with van der Waals surface area (Å²) in [7, 11) is 0. The van der Waals surface area contributed by atoms with Gasteiger partial charge in [0.1, 0.15) is 0 Å². The molecule has 0 bridgehead atoms. The summed E-state index contributed by atoms with van der Waals surface area (Å²) < 4.78 is 2.19. The molecule has 20 heavy (non-hydrogen) atoms. The van der Waals surface area contributed by atoms with E-state index in [4.69, 9.17) is 0 Å². The molecule has 0 radical (unpaired) electrons. The summed E-state index contributed by atoms with van der Waals surface area (Å²) in [6, 6.07) is 8.44. The number of aromatic nitrogens is 2. The molecule has 2 unspecified atom stereocenters. The minimum atomic E-state index is -0.249. The molecule has 0 spiro atoms. The summed E-state index contributed by atoms with van der Waals surface area (Å²) in [6.07, 6.45) is 3.83. The highest BCUT2D eigenvalue weighted by molar-refractivity contribution is 5.75. The number of nitrogens with one attached hydrogen (secondary N) is 1. The van der Waals surface area contributed by atoms with Gasteiger partial charge in [0.05, 0.1) is 24.0 Å². The Balaban J connectivity index is 2.16. The van der Waals surface area contributed by atoms with Crippen molar-refractivity contribution in [2.24, 2.45) is 0 Å². The number of fused-ring (bicyclic) bond motifs is 1. The Morgan fingerprint density at radius 1 is 1.40 bits per heavy atom. The minimum Gasteiger partial charge on any atom is -0.394 e. The smallest absolute Gasteiger partial charge is 0.0960 e. The number of aliphatic hydroxyl groups is 1. The van der Waals surface area contributed by atoms with Crippen LogP contribution in [0.5, 0.6) is 0 Å². The maximum atomic E-state index is 9.68. The summed E-state index contributed by atoms with van der Waals surface area (Å²) >= 11 is 0. The lowest BCUT2D eigenvalue weighted by Crippen LogP contribution is -2.47. The fraction of sp³-hybridized carbons (Fsp3) is 0.562. The molecular weight excluding hydrogens is 250 g/mol. The fourth-order valence-electron chi connectivity index (χ4n) is 2.70. The van der Waals surface area contributed by atoms with Crippen molar-refractivity contribution >= 4 is 11.0 Å². The van der Waals surface area contributed by atoms with Crippen LogP contribution in [0, 0.1) is 0 Å². The Kier molecular flexibility index (Phi) is 4.78. The Labute approximate surface area is 120 Å². The van der Waals surface area contributed by atoms with Gasteiger partial charge < -0.3 is 15.0 Å². The lowest BCUT2D eigenvalue weighted by molar-refractivity contribution is 0.152. The molecule has 2 aromatic rings. The van der Waals surface area contributed by atoms with Crippen LogP contribution in [0.1, 0.15) is 39.7 Å². The van der Waals surface area contributed by atoms with E-state index in [1.54, 1.807) is 0 Å². The van der Waals surface area contributed by atoms with E-state index in [1.807, 2.05) is 24.5 Å². The molecule has 2 atom stereocenters. The molecule has 4 nitrogen and oxygen atoms in total. The Morgan fingerprint density at radius 2 is 2.15 bits per heavy atom. The molecule has 4 heteroatoms. The van der Waals surface area contributed by atoms with Crippen LogP contribution in [0.25, 0.3) is 11.0 Å². The lowest BCUT2D eigenvalue weighted by Gasteiger charge is -2.32. The molecule has 0 aliphatic rings. The average Bonchev–Trinajstić information content (AvgIpc) is 2.89. The van der Waals surface area contributed by atoms with E-state index < -0.39 is 0 Å². The fourth-order valence-corrected chi connectivity index (χ4v) is 2.70. The number of nitrogens with zero attached hydrogens (tertiary/aromatic N) is 2. The van der Waals surface area contributed by atoms with Crippen LogP contribution in [-0.4, -0.2) is 33.3 Å². The normalized spacial score (nSPS) is 16.2. The van der Waals surface area contributed by atoms with Gasteiger partial charge in [-0.15, -0.1) is 0 Å². The molecule has 0 saturated carbocycles. The van der Waals surface area contributed by atoms with Crippen LogP contribution in [-0.2, 0) is 0 Å². The Hall–Kier alpha value is -1.39. The number of hydrogen-bond donors (Lipinski definition) is 2. The Bertz CT molecular complexity index is 551. The van der Waals surface area contributed by atoms with E-state index in [0.717, 1.165) is 30.4 Å². The average molecular weight is 275 g/mol. The second-order valence-corrected chi connectivity index (χ2v) is 5.84. The molecule has 0 fully saturated rings. The van der Waals surface area contributed by atoms with Gasteiger partial charge in [-0.05, 0) is 45.4 Å². The van der Waals surface area contributed by atoms with E-state index in [2.05, 4.69) is 41.7 Å². The van der Waals surface area contributed by atoms with Crippen LogP contribution in [0.3, 0.4) is 0 Å². The van der Waals surface area contributed by atoms with Crippen molar-refractivity contribution in [2.45, 2.75) is 45.2 Å². The zero-order chi connectivity index (χ0) is 14.6. The van der Waals surface area contributed by atoms with Crippen molar-refractivity contribution in [3.63, 3.8) is 0 Å². The first-order chi connectivity index (χ1) is 9.59. The van der Waals surface area contributed by atoms with Crippen LogP contribution in [0.15, 0.2) is 30.6 Å². The van der Waals surface area contributed by atoms with Gasteiger partial charge in [0.25, 0.3) is 0 Å². The molecule has 1 aromatic carbocycles. The van der Waals surface area contributed by atoms with E-state index in [-0.39, 0.29) is 18.2 Å². The van der Waals surface area contributed by atoms with Gasteiger partial charge in [-0.1, -0.05) is 19.1 Å². The third-order valence-electron chi connectivity index (χ3n) is 3.85. The maximum Gasteiger partial charge on any atom is 0.0960 e. The number of imidazole rings is 1. The SMILES string of the molecule is CCCNC(C)(CO)CC(C)n1cnc2ccccc21. The third kappa shape index (κ3) is 3.19. The molecule has 0 aliphatic heterocycles. The first kappa shape index (κ1) is 15.0. The van der Waals surface area contributed by atoms with Crippen molar-refractivity contribution in [2.75, 3.05) is 13.2 Å². The third-order valence-corrected chi connectivity index (χ3v) is 3.85. The van der Waals surface area contributed by atoms with E-state index in [9.17, 15) is 5.11 Å². The first-order valence-corrected chi connectivity index (χ1v) is 7.37. The van der Waals surface area contributed by atoms with Crippen molar-refractivity contribution < 1.29 is 5.11 Å². The molecule has 0 amide bonds. The van der Waals surface area contributed by atoms with Crippen LogP contribution in [0.4, 0.5) is 0 Å². The molecule has 2 rings (SSSR count). The van der Waals surface area contributed by atoms with Crippen LogP contribution in [0.2, 0.25) is 0 Å². The minimum absolute atomic E-state index is 0.143. The maximum absolute atomic E-state index is 9.68. The van der Waals surface area contributed by atoms with Crippen molar-refractivity contribution in [3.8, 4) is 0 Å². The van der Waals surface area contributed by atoms with Gasteiger partial charge in [0.2, 0.25) is 0 Å². The number of para-hydroxylation sites is 2. The molecule has 2 N–H and O–H groups in total. The molecular formula is C16H25N3O. The topological polar surface area (TPSA) is 50.1 Å². The second kappa shape index (κ2) is 6.37. The monoisotopic (exact) mass is 275 g/mol. The van der Waals surface area contributed by atoms with Crippen molar-refractivity contribution in [1.29, 1.82) is 0 Å². The van der Waals surface area contributed by atoms with Gasteiger partial charge in [0, 0.05) is 11.6 Å². The Morgan fingerprint density at radius 3 is 2.85 bits per heavy atom. The predicted molar refractivity (Wildman–Crippen MR) is 82.8 cm³/mol. The summed E-state index contributed by atoms with van der Waals surface area (Å²) in [5.41, 5.74) is 1.92. The number of rotatable bonds is 7. The highest BCUT2D eigenvalue weighted by atomic mass is 16.3. The number of benzene rings is 1. The van der Waals surface area contributed by atoms with Gasteiger partial charge in [-0.3, -0.25) is 0 Å². The largest absolute Gasteiger partial charge is 0.394 e. The zero-order valence-electron chi connectivity index (χ0n) is 12.6. The summed E-state index contributed by atoms with van der Waals surface area (Å²) in [6.45, 7) is 7.46. The molecule has 0 saturated heterocycles. The summed E-state index contributed by atoms with van der Waals surface area (Å²) in [4.78, 5) is 4.44. The van der Waals surface area contributed by atoms with Gasteiger partial charge in [0.15, 0.2) is 0 Å². The standard InChI is InChI=1S/C16H25N3O/c1-4-9-18-16(3,11-20)10-13(2)19-12-17-14-7-5-6-8-15(14)19/h5-8,12-13,18,20H,4,9-11H2,1-3H3. The number of aliphatic hydroxyl groups excluding tert-OH is 1. The first-order valence-electron chi connectivity index (χ1n) is 7.37. The lowest BCUT2D eigenvalue weighted by atomic mass is 9.94. The van der Waals surface area contributed by atoms with Crippen LogP contribution >= 0.6 is 0 Å². The molecule has 1 aromatic heterocycles. The molecule has 1 heterocycles. The van der Waals surface area contributed by atoms with E-state index >= 15 is 0 Å². The van der Waals surface area contributed by atoms with Gasteiger partial charge >= 0.3 is 0 Å². The highest BCUT2D eigenvalue weighted by Crippen LogP contribution is 2.24. The van der Waals surface area contributed by atoms with Crippen molar-refractivity contribution in [1.82, 2.24) is 14.9 Å². The van der Waals surface area contributed by atoms with Crippen molar-refractivity contribution in [3.05, 3.63) is 30.6 Å². The van der Waals surface area contributed by atoms with Gasteiger partial charge in [-0.2, -0.15) is 0 Å². The molecule has 0 aliphatic carbocycles. The van der Waals surface area contributed by atoms with E-state index in [0.29, 0.717) is 0 Å². The highest BCUT2D eigenvalue weighted by Gasteiger charge is 2.26. The summed E-state index contributed by atoms with van der Waals surface area (Å²) in [5.74, 6) is 0. The quantitative estimate of drug-likeness (QED) is 0.817. The second-order valence-electron chi connectivity index (χ2n) is 5.84. The molecule has 110 valence electrons. The van der Waals surface area contributed by atoms with Crippen LogP contribution < -0.4 is 5.32 Å².